The molecule has 0 spiro atoms. The number of benzene rings is 3. The van der Waals surface area contributed by atoms with Gasteiger partial charge >= 0.3 is 0 Å². The summed E-state index contributed by atoms with van der Waals surface area (Å²) in [4.78, 5) is 17.7. The Bertz CT molecular complexity index is 1380. The van der Waals surface area contributed by atoms with E-state index >= 15 is 0 Å². The first-order valence-corrected chi connectivity index (χ1v) is 11.6. The van der Waals surface area contributed by atoms with Crippen LogP contribution >= 0.6 is 23.2 Å². The van der Waals surface area contributed by atoms with Gasteiger partial charge in [-0.25, -0.2) is 4.68 Å². The van der Waals surface area contributed by atoms with Crippen LogP contribution in [0.3, 0.4) is 0 Å². The highest BCUT2D eigenvalue weighted by molar-refractivity contribution is 6.30. The highest BCUT2D eigenvalue weighted by Crippen LogP contribution is 2.36. The third kappa shape index (κ3) is 5.01. The number of nitrogens with zero attached hydrogens (tertiary/aromatic N) is 3. The second kappa shape index (κ2) is 9.82. The Labute approximate surface area is 212 Å². The number of carbonyl (C=O) groups is 1. The molecule has 7 nitrogen and oxygen atoms in total. The largest absolute Gasteiger partial charge is 0.489 e. The number of aromatic nitrogens is 3. The van der Waals surface area contributed by atoms with E-state index in [9.17, 15) is 4.79 Å². The smallest absolute Gasteiger partial charge is 0.255 e. The van der Waals surface area contributed by atoms with Gasteiger partial charge in [0.15, 0.2) is 0 Å². The normalized spacial score (nSPS) is 14.8. The Hall–Kier alpha value is -3.81. The molecule has 0 radical (unpaired) electrons. The molecule has 4 aromatic rings. The van der Waals surface area contributed by atoms with Gasteiger partial charge in [0.05, 0.1) is 5.57 Å². The Morgan fingerprint density at radius 3 is 2.34 bits per heavy atom. The molecule has 1 unspecified atom stereocenters. The average Bonchev–Trinajstić information content (AvgIpc) is 3.32. The lowest BCUT2D eigenvalue weighted by molar-refractivity contribution is -0.113. The molecular formula is C26H21Cl2N5O2. The van der Waals surface area contributed by atoms with Gasteiger partial charge in [-0.15, -0.1) is 0 Å². The van der Waals surface area contributed by atoms with Gasteiger partial charge < -0.3 is 15.4 Å². The van der Waals surface area contributed by atoms with Crippen molar-refractivity contribution in [2.75, 3.05) is 10.6 Å². The molecule has 1 aliphatic heterocycles. The number of allylic oxidation sites excluding steroid dienone is 1. The van der Waals surface area contributed by atoms with Gasteiger partial charge in [-0.3, -0.25) is 4.79 Å². The lowest BCUT2D eigenvalue weighted by atomic mass is 9.95. The number of halogens is 2. The fourth-order valence-electron chi connectivity index (χ4n) is 3.92. The van der Waals surface area contributed by atoms with Crippen molar-refractivity contribution in [3.63, 3.8) is 0 Å². The van der Waals surface area contributed by atoms with E-state index in [-0.39, 0.29) is 5.91 Å². The first-order valence-electron chi connectivity index (χ1n) is 10.9. The topological polar surface area (TPSA) is 81.1 Å². The van der Waals surface area contributed by atoms with E-state index < -0.39 is 6.04 Å². The Balaban J connectivity index is 1.40. The Morgan fingerprint density at radius 2 is 1.66 bits per heavy atom. The van der Waals surface area contributed by atoms with Gasteiger partial charge in [0.25, 0.3) is 5.91 Å². The standard InChI is InChI=1S/C26H21Cl2N5O2/c1-16-23(25(34)32-21-10-8-20(28)9-11-21)24(33-26(31-16)29-15-30-33)18-4-12-22(13-5-18)35-14-17-2-6-19(27)7-3-17/h2-13,15,24H,14H2,1H3,(H,32,34)(H,29,30,31). The van der Waals surface area contributed by atoms with E-state index in [0.29, 0.717) is 45.3 Å². The molecule has 1 amide bonds. The molecule has 176 valence electrons. The van der Waals surface area contributed by atoms with Crippen LogP contribution in [-0.4, -0.2) is 20.7 Å². The second-order valence-electron chi connectivity index (χ2n) is 8.04. The Morgan fingerprint density at radius 1 is 1.00 bits per heavy atom. The lowest BCUT2D eigenvalue weighted by Gasteiger charge is -2.28. The van der Waals surface area contributed by atoms with Gasteiger partial charge in [0.2, 0.25) is 5.95 Å². The van der Waals surface area contributed by atoms with Crippen LogP contribution in [0.5, 0.6) is 5.75 Å². The van der Waals surface area contributed by atoms with E-state index in [1.165, 1.54) is 6.33 Å². The minimum absolute atomic E-state index is 0.244. The van der Waals surface area contributed by atoms with E-state index in [0.717, 1.165) is 11.1 Å². The molecule has 9 heteroatoms. The number of anilines is 2. The van der Waals surface area contributed by atoms with Crippen LogP contribution in [0.25, 0.3) is 0 Å². The second-order valence-corrected chi connectivity index (χ2v) is 8.91. The first kappa shape index (κ1) is 23.0. The number of ether oxygens (including phenoxy) is 1. The number of fused-ring (bicyclic) bond motifs is 1. The van der Waals surface area contributed by atoms with Crippen molar-refractivity contribution in [1.82, 2.24) is 14.8 Å². The molecule has 5 rings (SSSR count). The van der Waals surface area contributed by atoms with Gasteiger partial charge in [-0.05, 0) is 66.6 Å². The lowest BCUT2D eigenvalue weighted by Crippen LogP contribution is -2.31. The van der Waals surface area contributed by atoms with Crippen molar-refractivity contribution >= 4 is 40.7 Å². The molecule has 1 atom stereocenters. The zero-order chi connectivity index (χ0) is 24.4. The van der Waals surface area contributed by atoms with Crippen molar-refractivity contribution < 1.29 is 9.53 Å². The van der Waals surface area contributed by atoms with Crippen molar-refractivity contribution in [1.29, 1.82) is 0 Å². The summed E-state index contributed by atoms with van der Waals surface area (Å²) in [6.45, 7) is 2.27. The number of amides is 1. The maximum absolute atomic E-state index is 13.4. The van der Waals surface area contributed by atoms with Gasteiger partial charge in [-0.1, -0.05) is 47.5 Å². The predicted octanol–water partition coefficient (Wildman–Crippen LogP) is 6.09. The van der Waals surface area contributed by atoms with Crippen LogP contribution in [0.2, 0.25) is 10.0 Å². The fraction of sp³-hybridized carbons (Fsp3) is 0.115. The summed E-state index contributed by atoms with van der Waals surface area (Å²) in [6, 6.07) is 21.7. The maximum atomic E-state index is 13.4. The minimum Gasteiger partial charge on any atom is -0.489 e. The number of hydrogen-bond acceptors (Lipinski definition) is 5. The summed E-state index contributed by atoms with van der Waals surface area (Å²) in [6.07, 6.45) is 1.46. The predicted molar refractivity (Wildman–Crippen MR) is 137 cm³/mol. The van der Waals surface area contributed by atoms with E-state index in [4.69, 9.17) is 27.9 Å². The number of nitrogens with one attached hydrogen (secondary N) is 2. The molecule has 0 saturated carbocycles. The first-order chi connectivity index (χ1) is 17.0. The average molecular weight is 506 g/mol. The highest BCUT2D eigenvalue weighted by Gasteiger charge is 2.33. The molecule has 0 aliphatic carbocycles. The van der Waals surface area contributed by atoms with E-state index in [1.807, 2.05) is 55.5 Å². The minimum atomic E-state index is -0.466. The van der Waals surface area contributed by atoms with Crippen LogP contribution in [0, 0.1) is 0 Å². The summed E-state index contributed by atoms with van der Waals surface area (Å²) < 4.78 is 7.62. The monoisotopic (exact) mass is 505 g/mol. The summed E-state index contributed by atoms with van der Waals surface area (Å²) in [5.41, 5.74) is 3.77. The van der Waals surface area contributed by atoms with Crippen molar-refractivity contribution in [3.8, 4) is 5.75 Å². The summed E-state index contributed by atoms with van der Waals surface area (Å²) in [5, 5.41) is 11.8. The van der Waals surface area contributed by atoms with Crippen molar-refractivity contribution in [3.05, 3.63) is 112 Å². The molecule has 0 bridgehead atoms. The molecule has 3 aromatic carbocycles. The molecule has 0 fully saturated rings. The summed E-state index contributed by atoms with van der Waals surface area (Å²) in [7, 11) is 0. The summed E-state index contributed by atoms with van der Waals surface area (Å²) in [5.74, 6) is 1.04. The molecule has 0 saturated heterocycles. The maximum Gasteiger partial charge on any atom is 0.255 e. The van der Waals surface area contributed by atoms with Crippen LogP contribution < -0.4 is 15.4 Å². The number of rotatable bonds is 6. The third-order valence-corrected chi connectivity index (χ3v) is 6.16. The molecular weight excluding hydrogens is 485 g/mol. The molecule has 1 aliphatic rings. The highest BCUT2D eigenvalue weighted by atomic mass is 35.5. The molecule has 2 N–H and O–H groups in total. The Kier molecular flexibility index (Phi) is 6.44. The quantitative estimate of drug-likeness (QED) is 0.331. The molecule has 35 heavy (non-hydrogen) atoms. The zero-order valence-corrected chi connectivity index (χ0v) is 20.2. The van der Waals surface area contributed by atoms with Gasteiger partial charge in [0.1, 0.15) is 24.7 Å². The fourth-order valence-corrected chi connectivity index (χ4v) is 4.17. The van der Waals surface area contributed by atoms with Crippen molar-refractivity contribution in [2.45, 2.75) is 19.6 Å². The number of carbonyl (C=O) groups excluding carboxylic acids is 1. The van der Waals surface area contributed by atoms with Crippen LogP contribution in [0.4, 0.5) is 11.6 Å². The summed E-state index contributed by atoms with van der Waals surface area (Å²) >= 11 is 11.9. The van der Waals surface area contributed by atoms with Crippen LogP contribution in [0.1, 0.15) is 24.1 Å². The van der Waals surface area contributed by atoms with E-state index in [2.05, 4.69) is 20.7 Å². The SMILES string of the molecule is CC1=C(C(=O)Nc2ccc(Cl)cc2)C(c2ccc(OCc3ccc(Cl)cc3)cc2)n2ncnc2N1. The van der Waals surface area contributed by atoms with Gasteiger partial charge in [0, 0.05) is 21.4 Å². The third-order valence-electron chi connectivity index (χ3n) is 5.66. The molecule has 1 aromatic heterocycles. The van der Waals surface area contributed by atoms with Crippen molar-refractivity contribution in [2.24, 2.45) is 0 Å². The molecule has 2 heterocycles. The number of hydrogen-bond donors (Lipinski definition) is 2. The zero-order valence-electron chi connectivity index (χ0n) is 18.7. The van der Waals surface area contributed by atoms with E-state index in [1.54, 1.807) is 28.9 Å². The van der Waals surface area contributed by atoms with Crippen LogP contribution in [0.15, 0.2) is 90.4 Å². The van der Waals surface area contributed by atoms with Gasteiger partial charge in [-0.2, -0.15) is 10.1 Å². The van der Waals surface area contributed by atoms with Crippen LogP contribution in [-0.2, 0) is 11.4 Å².